The zero-order valence-corrected chi connectivity index (χ0v) is 12.7. The molecule has 0 saturated carbocycles. The zero-order chi connectivity index (χ0) is 15.1. The highest BCUT2D eigenvalue weighted by atomic mass is 32.1. The van der Waals surface area contributed by atoms with E-state index in [0.29, 0.717) is 17.8 Å². The second-order valence-electron chi connectivity index (χ2n) is 5.37. The Morgan fingerprint density at radius 3 is 2.73 bits per heavy atom. The van der Waals surface area contributed by atoms with Crippen molar-refractivity contribution in [2.75, 3.05) is 10.6 Å². The Balaban J connectivity index is 1.77. The SMILES string of the molecule is Nc1ccc(C(=O)N2Cc3cccn3Cc3sccc32)cc1. The Labute approximate surface area is 132 Å². The molecular formula is C17H15N3OS. The van der Waals surface area contributed by atoms with Gasteiger partial charge in [-0.15, -0.1) is 11.3 Å². The normalized spacial score (nSPS) is 13.4. The monoisotopic (exact) mass is 309 g/mol. The molecule has 0 fully saturated rings. The predicted octanol–water partition coefficient (Wildman–Crippen LogP) is 3.34. The van der Waals surface area contributed by atoms with Crippen LogP contribution < -0.4 is 10.6 Å². The second kappa shape index (κ2) is 5.03. The van der Waals surface area contributed by atoms with Gasteiger partial charge in [-0.25, -0.2) is 0 Å². The molecule has 5 heteroatoms. The number of anilines is 2. The van der Waals surface area contributed by atoms with Gasteiger partial charge in [0.1, 0.15) is 0 Å². The lowest BCUT2D eigenvalue weighted by atomic mass is 10.1. The van der Waals surface area contributed by atoms with Crippen LogP contribution in [-0.2, 0) is 13.1 Å². The van der Waals surface area contributed by atoms with Crippen LogP contribution in [0.5, 0.6) is 0 Å². The predicted molar refractivity (Wildman–Crippen MR) is 89.2 cm³/mol. The van der Waals surface area contributed by atoms with Crippen molar-refractivity contribution in [3.63, 3.8) is 0 Å². The topological polar surface area (TPSA) is 51.3 Å². The number of amides is 1. The van der Waals surface area contributed by atoms with Crippen molar-refractivity contribution < 1.29 is 4.79 Å². The molecule has 0 saturated heterocycles. The van der Waals surface area contributed by atoms with Gasteiger partial charge in [0, 0.05) is 28.0 Å². The molecule has 1 aliphatic heterocycles. The van der Waals surface area contributed by atoms with Gasteiger partial charge in [-0.2, -0.15) is 0 Å². The Morgan fingerprint density at radius 2 is 1.91 bits per heavy atom. The number of benzene rings is 1. The molecule has 3 heterocycles. The number of carbonyl (C=O) groups excluding carboxylic acids is 1. The summed E-state index contributed by atoms with van der Waals surface area (Å²) in [5.74, 6) is 0.00861. The maximum Gasteiger partial charge on any atom is 0.258 e. The first-order valence-corrected chi connectivity index (χ1v) is 7.98. The fourth-order valence-corrected chi connectivity index (χ4v) is 3.68. The summed E-state index contributed by atoms with van der Waals surface area (Å²) in [5, 5.41) is 2.04. The molecule has 1 aromatic carbocycles. The van der Waals surface area contributed by atoms with Gasteiger partial charge in [0.25, 0.3) is 5.91 Å². The Hall–Kier alpha value is -2.53. The van der Waals surface area contributed by atoms with Crippen molar-refractivity contribution in [1.82, 2.24) is 4.57 Å². The number of hydrogen-bond acceptors (Lipinski definition) is 3. The lowest BCUT2D eigenvalue weighted by Gasteiger charge is -2.21. The molecule has 2 N–H and O–H groups in total. The third-order valence-electron chi connectivity index (χ3n) is 3.97. The van der Waals surface area contributed by atoms with Crippen LogP contribution in [0.25, 0.3) is 0 Å². The number of nitrogens with two attached hydrogens (primary N) is 1. The molecular weight excluding hydrogens is 294 g/mol. The first-order valence-electron chi connectivity index (χ1n) is 7.10. The molecule has 0 aliphatic carbocycles. The molecule has 0 radical (unpaired) electrons. The van der Waals surface area contributed by atoms with E-state index < -0.39 is 0 Å². The second-order valence-corrected chi connectivity index (χ2v) is 6.37. The largest absolute Gasteiger partial charge is 0.399 e. The lowest BCUT2D eigenvalue weighted by molar-refractivity contribution is 0.0985. The maximum atomic E-state index is 12.9. The van der Waals surface area contributed by atoms with Crippen LogP contribution in [0.15, 0.2) is 54.0 Å². The Bertz CT molecular complexity index is 832. The minimum Gasteiger partial charge on any atom is -0.399 e. The summed E-state index contributed by atoms with van der Waals surface area (Å²) >= 11 is 1.69. The van der Waals surface area contributed by atoms with Crippen LogP contribution in [-0.4, -0.2) is 10.5 Å². The van der Waals surface area contributed by atoms with Crippen LogP contribution in [0, 0.1) is 0 Å². The standard InChI is InChI=1S/C17H15N3OS/c18-13-5-3-12(4-6-13)17(21)20-10-14-2-1-8-19(14)11-16-15(20)7-9-22-16/h1-9H,10-11,18H2. The third kappa shape index (κ3) is 2.10. The summed E-state index contributed by atoms with van der Waals surface area (Å²) < 4.78 is 2.20. The highest BCUT2D eigenvalue weighted by molar-refractivity contribution is 7.10. The van der Waals surface area contributed by atoms with Gasteiger partial charge < -0.3 is 15.2 Å². The number of thiophene rings is 1. The molecule has 3 aromatic rings. The van der Waals surface area contributed by atoms with Crippen LogP contribution in [0.1, 0.15) is 20.9 Å². The molecule has 110 valence electrons. The van der Waals surface area contributed by atoms with Gasteiger partial charge in [0.15, 0.2) is 0 Å². The van der Waals surface area contributed by atoms with E-state index in [9.17, 15) is 4.79 Å². The number of nitrogens with zero attached hydrogens (tertiary/aromatic N) is 2. The zero-order valence-electron chi connectivity index (χ0n) is 11.9. The van der Waals surface area contributed by atoms with E-state index in [1.807, 2.05) is 22.4 Å². The fourth-order valence-electron chi connectivity index (χ4n) is 2.80. The molecule has 4 rings (SSSR count). The van der Waals surface area contributed by atoms with Gasteiger partial charge in [0.2, 0.25) is 0 Å². The minimum absolute atomic E-state index is 0.00861. The number of rotatable bonds is 1. The van der Waals surface area contributed by atoms with Gasteiger partial charge in [0.05, 0.1) is 18.8 Å². The number of carbonyl (C=O) groups is 1. The summed E-state index contributed by atoms with van der Waals surface area (Å²) in [6, 6.07) is 13.2. The van der Waals surface area contributed by atoms with E-state index in [2.05, 4.69) is 16.8 Å². The molecule has 0 spiro atoms. The number of fused-ring (bicyclic) bond motifs is 2. The fraction of sp³-hybridized carbons (Fsp3) is 0.118. The molecule has 22 heavy (non-hydrogen) atoms. The summed E-state index contributed by atoms with van der Waals surface area (Å²) in [5.41, 5.74) is 9.19. The Morgan fingerprint density at radius 1 is 1.09 bits per heavy atom. The highest BCUT2D eigenvalue weighted by Crippen LogP contribution is 2.33. The van der Waals surface area contributed by atoms with E-state index in [1.165, 1.54) is 4.88 Å². The average molecular weight is 309 g/mol. The summed E-state index contributed by atoms with van der Waals surface area (Å²) in [6.45, 7) is 1.40. The van der Waals surface area contributed by atoms with Crippen LogP contribution in [0.2, 0.25) is 0 Å². The number of nitrogen functional groups attached to an aromatic ring is 1. The maximum absolute atomic E-state index is 12.9. The van der Waals surface area contributed by atoms with Gasteiger partial charge >= 0.3 is 0 Å². The van der Waals surface area contributed by atoms with Gasteiger partial charge in [-0.3, -0.25) is 4.79 Å². The highest BCUT2D eigenvalue weighted by Gasteiger charge is 2.25. The summed E-state index contributed by atoms with van der Waals surface area (Å²) in [7, 11) is 0. The van der Waals surface area contributed by atoms with Crippen molar-refractivity contribution in [3.05, 3.63) is 70.2 Å². The van der Waals surface area contributed by atoms with E-state index >= 15 is 0 Å². The Kier molecular flexibility index (Phi) is 3.01. The molecule has 1 aliphatic rings. The van der Waals surface area contributed by atoms with E-state index in [-0.39, 0.29) is 5.91 Å². The van der Waals surface area contributed by atoms with Crippen LogP contribution in [0.4, 0.5) is 11.4 Å². The van der Waals surface area contributed by atoms with Crippen molar-refractivity contribution in [3.8, 4) is 0 Å². The van der Waals surface area contributed by atoms with Crippen molar-refractivity contribution >= 4 is 28.6 Å². The van der Waals surface area contributed by atoms with Crippen molar-refractivity contribution in [2.24, 2.45) is 0 Å². The van der Waals surface area contributed by atoms with Crippen LogP contribution in [0.3, 0.4) is 0 Å². The number of hydrogen-bond donors (Lipinski definition) is 1. The first-order chi connectivity index (χ1) is 10.7. The molecule has 4 nitrogen and oxygen atoms in total. The van der Waals surface area contributed by atoms with Crippen molar-refractivity contribution in [2.45, 2.75) is 13.1 Å². The molecule has 0 atom stereocenters. The van der Waals surface area contributed by atoms with E-state index in [0.717, 1.165) is 17.9 Å². The molecule has 0 unspecified atom stereocenters. The summed E-state index contributed by atoms with van der Waals surface area (Å²) in [6.07, 6.45) is 2.07. The smallest absolute Gasteiger partial charge is 0.258 e. The van der Waals surface area contributed by atoms with E-state index in [1.54, 1.807) is 35.6 Å². The van der Waals surface area contributed by atoms with E-state index in [4.69, 9.17) is 5.73 Å². The summed E-state index contributed by atoms with van der Waals surface area (Å²) in [4.78, 5) is 16.0. The van der Waals surface area contributed by atoms with Crippen molar-refractivity contribution in [1.29, 1.82) is 0 Å². The number of aromatic nitrogens is 1. The molecule has 1 amide bonds. The molecule has 0 bridgehead atoms. The van der Waals surface area contributed by atoms with Crippen LogP contribution >= 0.6 is 11.3 Å². The quantitative estimate of drug-likeness (QED) is 0.701. The van der Waals surface area contributed by atoms with Gasteiger partial charge in [-0.1, -0.05) is 0 Å². The molecule has 2 aromatic heterocycles. The lowest BCUT2D eigenvalue weighted by Crippen LogP contribution is -2.30. The van der Waals surface area contributed by atoms with Gasteiger partial charge in [-0.05, 0) is 47.8 Å². The average Bonchev–Trinajstić information content (AvgIpc) is 3.13. The minimum atomic E-state index is 0.00861. The first kappa shape index (κ1) is 13.2. The third-order valence-corrected chi connectivity index (χ3v) is 4.87.